The molecule has 0 aliphatic heterocycles. The molecule has 0 bridgehead atoms. The number of hydrogen-bond donors (Lipinski definition) is 2. The molecule has 0 spiro atoms. The molecule has 0 aromatic heterocycles. The van der Waals surface area contributed by atoms with Gasteiger partial charge >= 0.3 is 6.09 Å². The van der Waals surface area contributed by atoms with E-state index in [1.165, 1.54) is 19.2 Å². The Morgan fingerprint density at radius 2 is 1.81 bits per heavy atom. The molecule has 0 radical (unpaired) electrons. The summed E-state index contributed by atoms with van der Waals surface area (Å²) in [5.74, 6) is -0.559. The fourth-order valence-corrected chi connectivity index (χ4v) is 3.05. The van der Waals surface area contributed by atoms with Crippen LogP contribution in [-0.2, 0) is 4.74 Å². The molecule has 144 valence electrons. The van der Waals surface area contributed by atoms with Gasteiger partial charge in [0.15, 0.2) is 0 Å². The molecule has 2 rings (SSSR count). The van der Waals surface area contributed by atoms with E-state index in [4.69, 9.17) is 9.47 Å². The molecule has 7 heteroatoms. The Morgan fingerprint density at radius 1 is 1.15 bits per heavy atom. The molecule has 1 saturated carbocycles. The van der Waals surface area contributed by atoms with Crippen molar-refractivity contribution in [3.05, 3.63) is 29.6 Å². The van der Waals surface area contributed by atoms with Crippen molar-refractivity contribution in [2.24, 2.45) is 0 Å². The van der Waals surface area contributed by atoms with Crippen molar-refractivity contribution in [2.45, 2.75) is 64.1 Å². The highest BCUT2D eigenvalue weighted by molar-refractivity contribution is 5.97. The monoisotopic (exact) mass is 366 g/mol. The molecule has 1 aromatic carbocycles. The zero-order chi connectivity index (χ0) is 19.3. The van der Waals surface area contributed by atoms with E-state index >= 15 is 0 Å². The molecule has 1 aromatic rings. The van der Waals surface area contributed by atoms with Crippen LogP contribution in [0.3, 0.4) is 0 Å². The van der Waals surface area contributed by atoms with E-state index in [2.05, 4.69) is 10.6 Å². The molecule has 0 saturated heterocycles. The van der Waals surface area contributed by atoms with Crippen molar-refractivity contribution < 1.29 is 23.5 Å². The third-order valence-corrected chi connectivity index (χ3v) is 4.14. The number of carbonyl (C=O) groups is 2. The van der Waals surface area contributed by atoms with Gasteiger partial charge in [-0.15, -0.1) is 0 Å². The molecule has 2 unspecified atom stereocenters. The number of rotatable bonds is 4. The molecule has 26 heavy (non-hydrogen) atoms. The fraction of sp³-hybridized carbons (Fsp3) is 0.579. The second-order valence-corrected chi connectivity index (χ2v) is 7.52. The summed E-state index contributed by atoms with van der Waals surface area (Å²) >= 11 is 0. The van der Waals surface area contributed by atoms with E-state index in [1.54, 1.807) is 0 Å². The lowest BCUT2D eigenvalue weighted by atomic mass is 9.91. The quantitative estimate of drug-likeness (QED) is 0.856. The van der Waals surface area contributed by atoms with Crippen molar-refractivity contribution in [2.75, 3.05) is 7.11 Å². The van der Waals surface area contributed by atoms with Crippen LogP contribution in [0, 0.1) is 5.82 Å². The first-order chi connectivity index (χ1) is 12.2. The number of ether oxygens (including phenoxy) is 2. The molecular weight excluding hydrogens is 339 g/mol. The third-order valence-electron chi connectivity index (χ3n) is 4.14. The van der Waals surface area contributed by atoms with Gasteiger partial charge in [0.1, 0.15) is 17.2 Å². The Labute approximate surface area is 153 Å². The van der Waals surface area contributed by atoms with Gasteiger partial charge in [-0.25, -0.2) is 9.18 Å². The number of methoxy groups -OCH3 is 1. The topological polar surface area (TPSA) is 76.7 Å². The standard InChI is InChI=1S/C19H27FN2O4/c1-19(2,3)26-18(24)22-14-7-5-6-13(11-14)21-17(23)15-10-12(20)8-9-16(15)25-4/h8-10,13-14H,5-7,11H2,1-4H3,(H,21,23)(H,22,24). The summed E-state index contributed by atoms with van der Waals surface area (Å²) in [6.07, 6.45) is 2.64. The van der Waals surface area contributed by atoms with Gasteiger partial charge in [-0.05, 0) is 64.7 Å². The summed E-state index contributed by atoms with van der Waals surface area (Å²) < 4.78 is 23.9. The van der Waals surface area contributed by atoms with E-state index in [0.29, 0.717) is 12.2 Å². The number of nitrogens with one attached hydrogen (secondary N) is 2. The molecular formula is C19H27FN2O4. The van der Waals surface area contributed by atoms with Gasteiger partial charge in [0, 0.05) is 12.1 Å². The Kier molecular flexibility index (Phi) is 6.45. The minimum Gasteiger partial charge on any atom is -0.496 e. The molecule has 0 heterocycles. The van der Waals surface area contributed by atoms with Crippen LogP contribution in [0.1, 0.15) is 56.8 Å². The minimum absolute atomic E-state index is 0.0710. The first kappa shape index (κ1) is 20.0. The van der Waals surface area contributed by atoms with Gasteiger partial charge in [-0.2, -0.15) is 0 Å². The maximum Gasteiger partial charge on any atom is 0.407 e. The Hall–Kier alpha value is -2.31. The van der Waals surface area contributed by atoms with Crippen LogP contribution in [0.15, 0.2) is 18.2 Å². The number of amides is 2. The van der Waals surface area contributed by atoms with Crippen LogP contribution in [0.5, 0.6) is 5.75 Å². The highest BCUT2D eigenvalue weighted by Gasteiger charge is 2.27. The third kappa shape index (κ3) is 5.89. The minimum atomic E-state index is -0.555. The number of carbonyl (C=O) groups excluding carboxylic acids is 2. The van der Waals surface area contributed by atoms with Crippen molar-refractivity contribution in [1.29, 1.82) is 0 Å². The van der Waals surface area contributed by atoms with Gasteiger partial charge < -0.3 is 20.1 Å². The summed E-state index contributed by atoms with van der Waals surface area (Å²) in [6.45, 7) is 5.43. The normalized spacial score (nSPS) is 20.2. The van der Waals surface area contributed by atoms with Crippen molar-refractivity contribution in [3.8, 4) is 5.75 Å². The van der Waals surface area contributed by atoms with Gasteiger partial charge in [0.2, 0.25) is 0 Å². The van der Waals surface area contributed by atoms with Crippen molar-refractivity contribution in [3.63, 3.8) is 0 Å². The zero-order valence-electron chi connectivity index (χ0n) is 15.7. The molecule has 2 N–H and O–H groups in total. The van der Waals surface area contributed by atoms with E-state index in [-0.39, 0.29) is 23.6 Å². The predicted octanol–water partition coefficient (Wildman–Crippen LogP) is 3.40. The largest absolute Gasteiger partial charge is 0.496 e. The first-order valence-corrected chi connectivity index (χ1v) is 8.82. The van der Waals surface area contributed by atoms with Gasteiger partial charge in [0.25, 0.3) is 5.91 Å². The Morgan fingerprint density at radius 3 is 2.42 bits per heavy atom. The Bertz CT molecular complexity index is 657. The highest BCUT2D eigenvalue weighted by Crippen LogP contribution is 2.22. The van der Waals surface area contributed by atoms with Gasteiger partial charge in [-0.1, -0.05) is 0 Å². The number of halogens is 1. The molecule has 1 fully saturated rings. The van der Waals surface area contributed by atoms with Gasteiger partial charge in [0.05, 0.1) is 12.7 Å². The lowest BCUT2D eigenvalue weighted by Gasteiger charge is -2.31. The average Bonchev–Trinajstić information content (AvgIpc) is 2.53. The van der Waals surface area contributed by atoms with Crippen LogP contribution >= 0.6 is 0 Å². The van der Waals surface area contributed by atoms with Crippen LogP contribution in [-0.4, -0.2) is 36.8 Å². The maximum atomic E-state index is 13.5. The lowest BCUT2D eigenvalue weighted by Crippen LogP contribution is -2.47. The number of hydrogen-bond acceptors (Lipinski definition) is 4. The van der Waals surface area contributed by atoms with E-state index in [0.717, 1.165) is 25.3 Å². The number of alkyl carbamates (subject to hydrolysis) is 1. The average molecular weight is 366 g/mol. The fourth-order valence-electron chi connectivity index (χ4n) is 3.05. The molecule has 2 atom stereocenters. The first-order valence-electron chi connectivity index (χ1n) is 8.82. The predicted molar refractivity (Wildman–Crippen MR) is 95.8 cm³/mol. The summed E-state index contributed by atoms with van der Waals surface area (Å²) in [5, 5.41) is 5.76. The Balaban J connectivity index is 1.95. The van der Waals surface area contributed by atoms with Crippen molar-refractivity contribution >= 4 is 12.0 Å². The summed E-state index contributed by atoms with van der Waals surface area (Å²) in [7, 11) is 1.44. The van der Waals surface area contributed by atoms with Gasteiger partial charge in [-0.3, -0.25) is 4.79 Å². The smallest absolute Gasteiger partial charge is 0.407 e. The molecule has 1 aliphatic carbocycles. The second-order valence-electron chi connectivity index (χ2n) is 7.52. The van der Waals surface area contributed by atoms with Crippen LogP contribution in [0.25, 0.3) is 0 Å². The van der Waals surface area contributed by atoms with Crippen LogP contribution < -0.4 is 15.4 Å². The molecule has 6 nitrogen and oxygen atoms in total. The van der Waals surface area contributed by atoms with Crippen molar-refractivity contribution in [1.82, 2.24) is 10.6 Å². The number of benzene rings is 1. The lowest BCUT2D eigenvalue weighted by molar-refractivity contribution is 0.0489. The van der Waals surface area contributed by atoms with E-state index in [1.807, 2.05) is 20.8 Å². The highest BCUT2D eigenvalue weighted by atomic mass is 19.1. The van der Waals surface area contributed by atoms with Crippen LogP contribution in [0.4, 0.5) is 9.18 Å². The van der Waals surface area contributed by atoms with E-state index < -0.39 is 17.5 Å². The second kappa shape index (κ2) is 8.38. The zero-order valence-corrected chi connectivity index (χ0v) is 15.7. The summed E-state index contributed by atoms with van der Waals surface area (Å²) in [4.78, 5) is 24.4. The summed E-state index contributed by atoms with van der Waals surface area (Å²) in [6, 6.07) is 3.66. The summed E-state index contributed by atoms with van der Waals surface area (Å²) in [5.41, 5.74) is -0.393. The maximum absolute atomic E-state index is 13.5. The molecule has 1 aliphatic rings. The SMILES string of the molecule is COc1ccc(F)cc1C(=O)NC1CCCC(NC(=O)OC(C)(C)C)C1. The van der Waals surface area contributed by atoms with Crippen LogP contribution in [0.2, 0.25) is 0 Å². The van der Waals surface area contributed by atoms with E-state index in [9.17, 15) is 14.0 Å². The molecule has 2 amide bonds.